The molecule has 1 atom stereocenters. The number of pyridine rings is 1. The summed E-state index contributed by atoms with van der Waals surface area (Å²) in [6, 6.07) is 1.29. The smallest absolute Gasteiger partial charge is 0.363 e. The lowest BCUT2D eigenvalue weighted by Crippen LogP contribution is -2.53. The van der Waals surface area contributed by atoms with Crippen LogP contribution in [0.2, 0.25) is 5.02 Å². The Morgan fingerprint density at radius 3 is 2.62 bits per heavy atom. The van der Waals surface area contributed by atoms with Crippen molar-refractivity contribution in [1.82, 2.24) is 9.88 Å². The van der Waals surface area contributed by atoms with Gasteiger partial charge in [-0.2, -0.15) is 4.39 Å². The van der Waals surface area contributed by atoms with Gasteiger partial charge in [-0.05, 0) is 27.2 Å². The third-order valence-electron chi connectivity index (χ3n) is 2.85. The molecular weight excluding hydrogens is 299 g/mol. The second-order valence-electron chi connectivity index (χ2n) is 5.84. The maximum absolute atomic E-state index is 13.1. The molecule has 1 aliphatic rings. The molecule has 1 unspecified atom stereocenters. The Morgan fingerprint density at radius 1 is 1.48 bits per heavy atom. The van der Waals surface area contributed by atoms with Crippen LogP contribution in [-0.2, 0) is 9.53 Å². The summed E-state index contributed by atoms with van der Waals surface area (Å²) >= 11 is 5.66. The second-order valence-corrected chi connectivity index (χ2v) is 6.24. The van der Waals surface area contributed by atoms with Gasteiger partial charge in [-0.25, -0.2) is 9.78 Å². The van der Waals surface area contributed by atoms with Crippen molar-refractivity contribution in [1.29, 1.82) is 0 Å². The molecule has 116 valence electrons. The Kier molecular flexibility index (Phi) is 4.68. The fraction of sp³-hybridized carbons (Fsp3) is 0.571. The number of carbonyl (C=O) groups excluding carboxylic acids is 1. The zero-order valence-corrected chi connectivity index (χ0v) is 13.0. The molecule has 0 N–H and O–H groups in total. The number of ether oxygens (including phenoxy) is 2. The summed E-state index contributed by atoms with van der Waals surface area (Å²) < 4.78 is 24.0. The van der Waals surface area contributed by atoms with Crippen LogP contribution in [0.25, 0.3) is 0 Å². The van der Waals surface area contributed by atoms with Crippen molar-refractivity contribution in [3.05, 3.63) is 23.2 Å². The van der Waals surface area contributed by atoms with Crippen molar-refractivity contribution < 1.29 is 18.7 Å². The van der Waals surface area contributed by atoms with Crippen molar-refractivity contribution in [2.75, 3.05) is 13.1 Å². The summed E-state index contributed by atoms with van der Waals surface area (Å²) in [7, 11) is 0. The third kappa shape index (κ3) is 4.28. The predicted octanol–water partition coefficient (Wildman–Crippen LogP) is 2.63. The van der Waals surface area contributed by atoms with Crippen LogP contribution < -0.4 is 4.74 Å². The average molecular weight is 317 g/mol. The highest BCUT2D eigenvalue weighted by atomic mass is 35.5. The molecule has 0 amide bonds. The van der Waals surface area contributed by atoms with E-state index in [1.165, 1.54) is 12.3 Å². The molecule has 21 heavy (non-hydrogen) atoms. The minimum absolute atomic E-state index is 0.154. The van der Waals surface area contributed by atoms with Crippen LogP contribution in [-0.4, -0.2) is 40.8 Å². The number of aromatic nitrogens is 1. The number of nitrogens with zero attached hydrogens (tertiary/aromatic N) is 2. The molecule has 1 saturated heterocycles. The van der Waals surface area contributed by atoms with Crippen LogP contribution in [0.3, 0.4) is 0 Å². The van der Waals surface area contributed by atoms with Gasteiger partial charge in [-0.15, -0.1) is 0 Å². The lowest BCUT2D eigenvalue weighted by atomic mass is 10.2. The van der Waals surface area contributed by atoms with Gasteiger partial charge in [0.25, 0.3) is 6.23 Å². The zero-order chi connectivity index (χ0) is 15.6. The highest BCUT2D eigenvalue weighted by molar-refractivity contribution is 6.30. The quantitative estimate of drug-likeness (QED) is 0.631. The summed E-state index contributed by atoms with van der Waals surface area (Å²) in [4.78, 5) is 17.5. The minimum atomic E-state index is -0.874. The predicted molar refractivity (Wildman–Crippen MR) is 75.7 cm³/mol. The van der Waals surface area contributed by atoms with E-state index in [2.05, 4.69) is 4.98 Å². The minimum Gasteiger partial charge on any atom is -0.462 e. The van der Waals surface area contributed by atoms with Crippen LogP contribution in [0.15, 0.2) is 12.3 Å². The molecule has 7 heteroatoms. The number of rotatable bonds is 4. The zero-order valence-electron chi connectivity index (χ0n) is 12.2. The van der Waals surface area contributed by atoms with Crippen molar-refractivity contribution in [2.24, 2.45) is 0 Å². The average Bonchev–Trinajstić information content (AvgIpc) is 2.28. The van der Waals surface area contributed by atoms with E-state index in [-0.39, 0.29) is 10.8 Å². The molecule has 1 aromatic rings. The standard InChI is InChI=1S/C14H18ClFN2O3/c1-14(2,3)21-13(19)12(18-5-4-6-18)20-9-7-10(15)11(16)17-8-9/h7-8,12H,4-6H2,1-3H3. The molecule has 1 aliphatic heterocycles. The summed E-state index contributed by atoms with van der Waals surface area (Å²) in [6.45, 7) is 6.84. The van der Waals surface area contributed by atoms with E-state index in [0.717, 1.165) is 19.5 Å². The number of carbonyl (C=O) groups is 1. The van der Waals surface area contributed by atoms with Crippen molar-refractivity contribution in [3.8, 4) is 5.75 Å². The molecular formula is C14H18ClFN2O3. The number of likely N-dealkylation sites (tertiary alicyclic amines) is 1. The van der Waals surface area contributed by atoms with E-state index in [9.17, 15) is 9.18 Å². The topological polar surface area (TPSA) is 51.7 Å². The Morgan fingerprint density at radius 2 is 2.14 bits per heavy atom. The lowest BCUT2D eigenvalue weighted by molar-refractivity contribution is -0.176. The fourth-order valence-corrected chi connectivity index (χ4v) is 1.95. The van der Waals surface area contributed by atoms with Gasteiger partial charge >= 0.3 is 5.97 Å². The lowest BCUT2D eigenvalue weighted by Gasteiger charge is -2.37. The molecule has 5 nitrogen and oxygen atoms in total. The molecule has 0 radical (unpaired) electrons. The number of hydrogen-bond acceptors (Lipinski definition) is 5. The maximum Gasteiger partial charge on any atom is 0.363 e. The first-order chi connectivity index (χ1) is 9.76. The van der Waals surface area contributed by atoms with E-state index in [1.54, 1.807) is 20.8 Å². The van der Waals surface area contributed by atoms with E-state index in [0.29, 0.717) is 0 Å². The monoisotopic (exact) mass is 316 g/mol. The SMILES string of the molecule is CC(C)(C)OC(=O)C(Oc1cnc(F)c(Cl)c1)N1CCC1. The van der Waals surface area contributed by atoms with E-state index < -0.39 is 23.7 Å². The van der Waals surface area contributed by atoms with E-state index in [4.69, 9.17) is 21.1 Å². The highest BCUT2D eigenvalue weighted by Crippen LogP contribution is 2.23. The van der Waals surface area contributed by atoms with Crippen LogP contribution in [0.4, 0.5) is 4.39 Å². The molecule has 0 bridgehead atoms. The van der Waals surface area contributed by atoms with Crippen LogP contribution >= 0.6 is 11.6 Å². The van der Waals surface area contributed by atoms with Gasteiger partial charge in [0.2, 0.25) is 5.95 Å². The summed E-state index contributed by atoms with van der Waals surface area (Å²) in [6.07, 6.45) is 1.31. The molecule has 0 saturated carbocycles. The molecule has 0 spiro atoms. The first-order valence-corrected chi connectivity index (χ1v) is 7.09. The van der Waals surface area contributed by atoms with Crippen molar-refractivity contribution in [2.45, 2.75) is 39.0 Å². The molecule has 1 fully saturated rings. The number of hydrogen-bond donors (Lipinski definition) is 0. The Balaban J connectivity index is 2.12. The Labute approximate surface area is 128 Å². The molecule has 1 aromatic heterocycles. The fourth-order valence-electron chi connectivity index (χ4n) is 1.80. The first-order valence-electron chi connectivity index (χ1n) is 6.71. The van der Waals surface area contributed by atoms with Gasteiger partial charge in [0, 0.05) is 19.2 Å². The van der Waals surface area contributed by atoms with Gasteiger partial charge < -0.3 is 9.47 Å². The van der Waals surface area contributed by atoms with Crippen LogP contribution in [0.1, 0.15) is 27.2 Å². The van der Waals surface area contributed by atoms with Gasteiger partial charge in [-0.1, -0.05) is 11.6 Å². The molecule has 2 heterocycles. The van der Waals surface area contributed by atoms with E-state index >= 15 is 0 Å². The van der Waals surface area contributed by atoms with Crippen molar-refractivity contribution >= 4 is 17.6 Å². The van der Waals surface area contributed by atoms with Crippen LogP contribution in [0, 0.1) is 5.95 Å². The number of esters is 1. The highest BCUT2D eigenvalue weighted by Gasteiger charge is 2.35. The first kappa shape index (κ1) is 16.0. The summed E-state index contributed by atoms with van der Waals surface area (Å²) in [5.41, 5.74) is -0.609. The van der Waals surface area contributed by atoms with Gasteiger partial charge in [0.05, 0.1) is 11.2 Å². The number of halogens is 2. The van der Waals surface area contributed by atoms with Crippen LogP contribution in [0.5, 0.6) is 5.75 Å². The van der Waals surface area contributed by atoms with E-state index in [1.807, 2.05) is 4.90 Å². The second kappa shape index (κ2) is 6.15. The molecule has 0 aliphatic carbocycles. The van der Waals surface area contributed by atoms with Gasteiger partial charge in [-0.3, -0.25) is 4.90 Å². The maximum atomic E-state index is 13.1. The molecule has 0 aromatic carbocycles. The largest absolute Gasteiger partial charge is 0.462 e. The summed E-state index contributed by atoms with van der Waals surface area (Å²) in [5, 5.41) is -0.154. The Hall–Kier alpha value is -1.40. The van der Waals surface area contributed by atoms with Gasteiger partial charge in [0.1, 0.15) is 11.4 Å². The normalized spacial score (nSPS) is 17.0. The molecule has 2 rings (SSSR count). The Bertz CT molecular complexity index is 529. The summed E-state index contributed by atoms with van der Waals surface area (Å²) in [5.74, 6) is -1.03. The third-order valence-corrected chi connectivity index (χ3v) is 3.11. The van der Waals surface area contributed by atoms with Crippen molar-refractivity contribution in [3.63, 3.8) is 0 Å². The van der Waals surface area contributed by atoms with Gasteiger partial charge in [0.15, 0.2) is 0 Å².